The van der Waals surface area contributed by atoms with Crippen molar-refractivity contribution in [2.45, 2.75) is 51.9 Å². The predicted molar refractivity (Wildman–Crippen MR) is 154 cm³/mol. The molecule has 1 fully saturated rings. The van der Waals surface area contributed by atoms with Crippen LogP contribution in [0.15, 0.2) is 54.9 Å². The molecule has 3 heterocycles. The number of pyridine rings is 1. The number of thiazole rings is 1. The van der Waals surface area contributed by atoms with Crippen LogP contribution >= 0.6 is 22.9 Å². The number of urea groups is 1. The number of aryl methyl sites for hydroxylation is 2. The van der Waals surface area contributed by atoms with Crippen LogP contribution in [0.2, 0.25) is 5.02 Å². The molecule has 202 valence electrons. The van der Waals surface area contributed by atoms with Gasteiger partial charge in [-0.2, -0.15) is 5.10 Å². The standard InChI is InChI=1S/C28H30ClN7O2S/c1-28(2,3)22-15-24(36(34-22)20-9-7-19(29)8-10-20)35(26(30)38)27-32-16-21(39-27)11-4-17-12-13-31-23(14-17)33-25(37)18-5-6-18/h7-10,12-16,18H,4-6,11H2,1-3H3,(H2,30,38)(H,31,33,37). The highest BCUT2D eigenvalue weighted by Crippen LogP contribution is 2.35. The predicted octanol–water partition coefficient (Wildman–Crippen LogP) is 6.03. The largest absolute Gasteiger partial charge is 0.351 e. The fourth-order valence-electron chi connectivity index (χ4n) is 4.03. The quantitative estimate of drug-likeness (QED) is 0.271. The number of nitrogens with two attached hydrogens (primary N) is 1. The van der Waals surface area contributed by atoms with Gasteiger partial charge >= 0.3 is 6.03 Å². The van der Waals surface area contributed by atoms with E-state index in [-0.39, 0.29) is 17.2 Å². The monoisotopic (exact) mass is 563 g/mol. The van der Waals surface area contributed by atoms with Gasteiger partial charge < -0.3 is 11.1 Å². The molecule has 0 saturated heterocycles. The lowest BCUT2D eigenvalue weighted by atomic mass is 9.92. The maximum atomic E-state index is 12.8. The van der Waals surface area contributed by atoms with Gasteiger partial charge in [-0.1, -0.05) is 32.4 Å². The number of aromatic nitrogens is 4. The van der Waals surface area contributed by atoms with Crippen LogP contribution in [0.4, 0.5) is 21.6 Å². The molecule has 1 aromatic carbocycles. The first-order valence-corrected chi connectivity index (χ1v) is 13.9. The maximum absolute atomic E-state index is 12.8. The first-order valence-electron chi connectivity index (χ1n) is 12.7. The Hall–Kier alpha value is -3.76. The van der Waals surface area contributed by atoms with Gasteiger partial charge in [-0.05, 0) is 67.6 Å². The molecular weight excluding hydrogens is 534 g/mol. The van der Waals surface area contributed by atoms with Crippen molar-refractivity contribution in [1.29, 1.82) is 0 Å². The molecule has 1 aliphatic rings. The fourth-order valence-corrected chi connectivity index (χ4v) is 5.08. The molecule has 0 spiro atoms. The van der Waals surface area contributed by atoms with E-state index in [1.54, 1.807) is 29.2 Å². The molecule has 3 amide bonds. The zero-order chi connectivity index (χ0) is 27.7. The summed E-state index contributed by atoms with van der Waals surface area (Å²) in [5.41, 5.74) is 8.24. The fraction of sp³-hybridized carbons (Fsp3) is 0.321. The van der Waals surface area contributed by atoms with Crippen LogP contribution in [0.1, 0.15) is 49.7 Å². The second kappa shape index (κ2) is 10.8. The molecule has 0 unspecified atom stereocenters. The maximum Gasteiger partial charge on any atom is 0.326 e. The highest BCUT2D eigenvalue weighted by Gasteiger charge is 2.30. The molecule has 39 heavy (non-hydrogen) atoms. The Morgan fingerprint density at radius 1 is 1.13 bits per heavy atom. The second-order valence-corrected chi connectivity index (χ2v) is 12.2. The molecule has 4 aromatic rings. The first-order chi connectivity index (χ1) is 18.6. The summed E-state index contributed by atoms with van der Waals surface area (Å²) in [5, 5.41) is 8.76. The van der Waals surface area contributed by atoms with Gasteiger partial charge in [0.1, 0.15) is 11.6 Å². The van der Waals surface area contributed by atoms with E-state index in [9.17, 15) is 9.59 Å². The van der Waals surface area contributed by atoms with Crippen LogP contribution < -0.4 is 16.0 Å². The lowest BCUT2D eigenvalue weighted by Gasteiger charge is -2.18. The number of carbonyl (C=O) groups excluding carboxylic acids is 2. The van der Waals surface area contributed by atoms with Crippen molar-refractivity contribution in [3.63, 3.8) is 0 Å². The van der Waals surface area contributed by atoms with E-state index in [0.29, 0.717) is 28.2 Å². The highest BCUT2D eigenvalue weighted by molar-refractivity contribution is 7.15. The van der Waals surface area contributed by atoms with Crippen molar-refractivity contribution >= 4 is 51.6 Å². The Morgan fingerprint density at radius 2 is 1.87 bits per heavy atom. The van der Waals surface area contributed by atoms with Crippen LogP contribution in [0.3, 0.4) is 0 Å². The summed E-state index contributed by atoms with van der Waals surface area (Å²) in [4.78, 5) is 36.0. The number of nitrogens with one attached hydrogen (secondary N) is 1. The van der Waals surface area contributed by atoms with E-state index in [1.165, 1.54) is 16.2 Å². The molecule has 1 aliphatic carbocycles. The summed E-state index contributed by atoms with van der Waals surface area (Å²) in [6.07, 6.45) is 6.78. The van der Waals surface area contributed by atoms with E-state index < -0.39 is 6.03 Å². The molecular formula is C28H30ClN7O2S. The Morgan fingerprint density at radius 3 is 2.54 bits per heavy atom. The summed E-state index contributed by atoms with van der Waals surface area (Å²) in [6.45, 7) is 6.18. The minimum absolute atomic E-state index is 0.0331. The third-order valence-electron chi connectivity index (χ3n) is 6.40. The number of amides is 3. The minimum atomic E-state index is -0.656. The Labute approximate surface area is 236 Å². The third-order valence-corrected chi connectivity index (χ3v) is 7.69. The smallest absolute Gasteiger partial charge is 0.326 e. The van der Waals surface area contributed by atoms with E-state index in [2.05, 4.69) is 36.1 Å². The number of benzene rings is 1. The Balaban J connectivity index is 1.38. The number of hydrogen-bond donors (Lipinski definition) is 2. The molecule has 3 N–H and O–H groups in total. The van der Waals surface area contributed by atoms with Crippen LogP contribution in [0.5, 0.6) is 0 Å². The van der Waals surface area contributed by atoms with Gasteiger partial charge in [0.25, 0.3) is 0 Å². The first kappa shape index (κ1) is 26.8. The molecule has 0 aliphatic heterocycles. The van der Waals surface area contributed by atoms with Gasteiger partial charge in [0, 0.05) is 39.7 Å². The summed E-state index contributed by atoms with van der Waals surface area (Å²) in [7, 11) is 0. The van der Waals surface area contributed by atoms with Crippen molar-refractivity contribution < 1.29 is 9.59 Å². The normalized spacial score (nSPS) is 13.3. The van der Waals surface area contributed by atoms with Crippen LogP contribution in [0, 0.1) is 5.92 Å². The Kier molecular flexibility index (Phi) is 7.42. The topological polar surface area (TPSA) is 119 Å². The average Bonchev–Trinajstić information content (AvgIpc) is 3.49. The number of carbonyl (C=O) groups is 2. The Bertz CT molecular complexity index is 1500. The van der Waals surface area contributed by atoms with Crippen molar-refractivity contribution in [2.75, 3.05) is 10.2 Å². The van der Waals surface area contributed by atoms with Gasteiger partial charge in [-0.3, -0.25) is 4.79 Å². The molecule has 11 heteroatoms. The van der Waals surface area contributed by atoms with Crippen molar-refractivity contribution in [2.24, 2.45) is 11.7 Å². The molecule has 3 aromatic heterocycles. The number of anilines is 3. The van der Waals surface area contributed by atoms with Crippen molar-refractivity contribution in [1.82, 2.24) is 19.7 Å². The molecule has 0 bridgehead atoms. The zero-order valence-electron chi connectivity index (χ0n) is 22.0. The SMILES string of the molecule is CC(C)(C)c1cc(N(C(N)=O)c2ncc(CCc3ccnc(NC(=O)C4CC4)c3)s2)n(-c2ccc(Cl)cc2)n1. The summed E-state index contributed by atoms with van der Waals surface area (Å²) in [5.74, 6) is 1.22. The van der Waals surface area contributed by atoms with Crippen LogP contribution in [-0.2, 0) is 23.1 Å². The van der Waals surface area contributed by atoms with Gasteiger partial charge in [-0.25, -0.2) is 24.3 Å². The van der Waals surface area contributed by atoms with E-state index in [1.807, 2.05) is 30.3 Å². The number of nitrogens with zero attached hydrogens (tertiary/aromatic N) is 5. The number of halogens is 1. The number of rotatable bonds is 8. The molecule has 0 radical (unpaired) electrons. The number of hydrogen-bond acceptors (Lipinski definition) is 6. The highest BCUT2D eigenvalue weighted by atomic mass is 35.5. The summed E-state index contributed by atoms with van der Waals surface area (Å²) >= 11 is 7.50. The van der Waals surface area contributed by atoms with Crippen molar-refractivity contribution in [3.8, 4) is 5.69 Å². The molecule has 0 atom stereocenters. The van der Waals surface area contributed by atoms with E-state index in [0.717, 1.165) is 41.1 Å². The lowest BCUT2D eigenvalue weighted by molar-refractivity contribution is -0.117. The van der Waals surface area contributed by atoms with Gasteiger partial charge in [0.2, 0.25) is 5.91 Å². The minimum Gasteiger partial charge on any atom is -0.351 e. The number of primary amides is 1. The zero-order valence-corrected chi connectivity index (χ0v) is 23.6. The third kappa shape index (κ3) is 6.29. The van der Waals surface area contributed by atoms with Gasteiger partial charge in [0.15, 0.2) is 5.13 Å². The van der Waals surface area contributed by atoms with E-state index in [4.69, 9.17) is 22.4 Å². The second-order valence-electron chi connectivity index (χ2n) is 10.6. The van der Waals surface area contributed by atoms with Crippen LogP contribution in [0.25, 0.3) is 5.69 Å². The van der Waals surface area contributed by atoms with Gasteiger partial charge in [0.05, 0.1) is 11.4 Å². The summed E-state index contributed by atoms with van der Waals surface area (Å²) < 4.78 is 1.69. The molecule has 5 rings (SSSR count). The van der Waals surface area contributed by atoms with Crippen LogP contribution in [-0.4, -0.2) is 31.7 Å². The van der Waals surface area contributed by atoms with Crippen molar-refractivity contribution in [3.05, 3.63) is 76.0 Å². The summed E-state index contributed by atoms with van der Waals surface area (Å²) in [6, 6.07) is 12.3. The van der Waals surface area contributed by atoms with Gasteiger partial charge in [-0.15, -0.1) is 11.3 Å². The molecule has 9 nitrogen and oxygen atoms in total. The van der Waals surface area contributed by atoms with E-state index >= 15 is 0 Å². The lowest BCUT2D eigenvalue weighted by Crippen LogP contribution is -2.32. The molecule has 1 saturated carbocycles. The average molecular weight is 564 g/mol.